The van der Waals surface area contributed by atoms with Gasteiger partial charge < -0.3 is 18.3 Å². The molecule has 3 aromatic carbocycles. The number of thioether (sulfide) groups is 2. The second kappa shape index (κ2) is 16.8. The second-order valence-electron chi connectivity index (χ2n) is 14.5. The minimum Gasteiger partial charge on any atom is -0.462 e. The predicted molar refractivity (Wildman–Crippen MR) is 246 cm³/mol. The van der Waals surface area contributed by atoms with Crippen LogP contribution in [0.3, 0.4) is 0 Å². The summed E-state index contributed by atoms with van der Waals surface area (Å²) in [4.78, 5) is 30.8. The van der Waals surface area contributed by atoms with Crippen LogP contribution in [0.5, 0.6) is 0 Å². The molecule has 296 valence electrons. The van der Waals surface area contributed by atoms with Gasteiger partial charge in [-0.25, -0.2) is 9.59 Å². The number of rotatable bonds is 13. The molecule has 6 nitrogen and oxygen atoms in total. The van der Waals surface area contributed by atoms with Crippen molar-refractivity contribution < 1.29 is 19.1 Å². The van der Waals surface area contributed by atoms with E-state index in [-0.39, 0.29) is 31.1 Å². The van der Waals surface area contributed by atoms with E-state index in [0.29, 0.717) is 11.1 Å². The molecule has 9 aromatic rings. The first-order valence-electron chi connectivity index (χ1n) is 19.7. The van der Waals surface area contributed by atoms with Crippen LogP contribution in [0.25, 0.3) is 32.8 Å². The molecule has 0 amide bonds. The van der Waals surface area contributed by atoms with Crippen molar-refractivity contribution in [2.24, 2.45) is 0 Å². The quantitative estimate of drug-likeness (QED) is 0.0851. The summed E-state index contributed by atoms with van der Waals surface area (Å²) in [5.74, 6) is 0.500. The molecule has 0 aliphatic heterocycles. The number of ether oxygens (including phenoxy) is 2. The second-order valence-corrected chi connectivity index (χ2v) is 19.0. The van der Waals surface area contributed by atoms with Crippen molar-refractivity contribution in [3.63, 3.8) is 0 Å². The van der Waals surface area contributed by atoms with Gasteiger partial charge in [0.1, 0.15) is 0 Å². The van der Waals surface area contributed by atoms with Gasteiger partial charge in [0, 0.05) is 44.4 Å². The number of benzene rings is 3. The van der Waals surface area contributed by atoms with E-state index in [0.717, 1.165) is 79.2 Å². The number of fused-ring (bicyclic) bond motifs is 6. The number of hydrogen-bond donors (Lipinski definition) is 0. The van der Waals surface area contributed by atoms with Crippen LogP contribution in [0.1, 0.15) is 78.1 Å². The smallest absolute Gasteiger partial charge is 0.341 e. The summed E-state index contributed by atoms with van der Waals surface area (Å²) in [5, 5.41) is 1.78. The highest BCUT2D eigenvalue weighted by molar-refractivity contribution is 8.01. The van der Waals surface area contributed by atoms with Gasteiger partial charge in [-0.2, -0.15) is 0 Å². The molecule has 0 spiro atoms. The average Bonchev–Trinajstić information content (AvgIpc) is 3.98. The molecule has 0 saturated carbocycles. The molecule has 6 heterocycles. The lowest BCUT2D eigenvalue weighted by atomic mass is 9.91. The summed E-state index contributed by atoms with van der Waals surface area (Å²) in [6.45, 7) is 8.34. The van der Waals surface area contributed by atoms with Crippen LogP contribution >= 0.6 is 46.2 Å². The minimum absolute atomic E-state index is 0.258. The van der Waals surface area contributed by atoms with Gasteiger partial charge in [-0.05, 0) is 79.8 Å². The van der Waals surface area contributed by atoms with Gasteiger partial charge in [0.15, 0.2) is 0 Å². The van der Waals surface area contributed by atoms with Crippen LogP contribution in [-0.4, -0.2) is 34.0 Å². The first-order valence-corrected chi connectivity index (χ1v) is 23.3. The van der Waals surface area contributed by atoms with Crippen LogP contribution in [0.2, 0.25) is 0 Å². The molecular formula is C49H42N2O4S4. The molecule has 0 fully saturated rings. The monoisotopic (exact) mass is 850 g/mol. The van der Waals surface area contributed by atoms with E-state index in [4.69, 9.17) is 9.47 Å². The third-order valence-corrected chi connectivity index (χ3v) is 15.7. The van der Waals surface area contributed by atoms with E-state index in [1.165, 1.54) is 11.1 Å². The maximum atomic E-state index is 14.4. The zero-order valence-electron chi connectivity index (χ0n) is 33.2. The molecule has 0 aliphatic carbocycles. The Morgan fingerprint density at radius 1 is 0.593 bits per heavy atom. The van der Waals surface area contributed by atoms with Gasteiger partial charge in [0.2, 0.25) is 0 Å². The van der Waals surface area contributed by atoms with Crippen molar-refractivity contribution in [3.8, 4) is 0 Å². The Labute approximate surface area is 359 Å². The van der Waals surface area contributed by atoms with E-state index < -0.39 is 0 Å². The number of esters is 2. The van der Waals surface area contributed by atoms with Crippen molar-refractivity contribution in [1.29, 1.82) is 0 Å². The number of hydrogen-bond acceptors (Lipinski definition) is 8. The zero-order valence-corrected chi connectivity index (χ0v) is 36.5. The number of nitrogens with zero attached hydrogens (tertiary/aromatic N) is 2. The van der Waals surface area contributed by atoms with E-state index in [2.05, 4.69) is 132 Å². The van der Waals surface area contributed by atoms with Crippen molar-refractivity contribution in [1.82, 2.24) is 8.80 Å². The maximum Gasteiger partial charge on any atom is 0.341 e. The Kier molecular flexibility index (Phi) is 11.1. The number of carbonyl (C=O) groups excluding carboxylic acids is 2. The minimum atomic E-state index is -0.344. The summed E-state index contributed by atoms with van der Waals surface area (Å²) in [6.07, 6.45) is 4.17. The lowest BCUT2D eigenvalue weighted by Gasteiger charge is -2.17. The normalized spacial score (nSPS) is 11.7. The number of aryl methyl sites for hydroxylation is 2. The molecule has 10 heteroatoms. The van der Waals surface area contributed by atoms with E-state index in [1.54, 1.807) is 46.2 Å². The van der Waals surface area contributed by atoms with Crippen LogP contribution in [0.15, 0.2) is 136 Å². The largest absolute Gasteiger partial charge is 0.462 e. The molecule has 0 atom stereocenters. The molecule has 0 radical (unpaired) electrons. The maximum absolute atomic E-state index is 14.4. The molecule has 0 aliphatic rings. The Morgan fingerprint density at radius 3 is 1.41 bits per heavy atom. The third kappa shape index (κ3) is 7.26. The Morgan fingerprint density at radius 2 is 1.00 bits per heavy atom. The fraction of sp³-hybridized carbons (Fsp3) is 0.184. The fourth-order valence-corrected chi connectivity index (χ4v) is 13.4. The summed E-state index contributed by atoms with van der Waals surface area (Å²) < 4.78 is 18.3. The van der Waals surface area contributed by atoms with Crippen LogP contribution in [0, 0.1) is 13.8 Å². The molecular weight excluding hydrogens is 809 g/mol. The number of aromatic nitrogens is 2. The average molecular weight is 851 g/mol. The lowest BCUT2D eigenvalue weighted by Crippen LogP contribution is -2.08. The van der Waals surface area contributed by atoms with Crippen molar-refractivity contribution >= 4 is 91.0 Å². The van der Waals surface area contributed by atoms with Gasteiger partial charge in [-0.3, -0.25) is 0 Å². The SMILES string of the molecule is CCOC(=O)c1c2c(C(c3ccccc3)c3sc(SCc4ccccc4)c4c3c(C(=O)OCC)c3cc(C)ccn34)sc(SCc3ccccc3)c2n2ccc(C)cc12. The lowest BCUT2D eigenvalue weighted by molar-refractivity contribution is 0.0521. The highest BCUT2D eigenvalue weighted by Gasteiger charge is 2.36. The van der Waals surface area contributed by atoms with Crippen LogP contribution in [-0.2, 0) is 21.0 Å². The van der Waals surface area contributed by atoms with E-state index >= 15 is 0 Å². The third-order valence-electron chi connectivity index (χ3n) is 10.5. The molecule has 59 heavy (non-hydrogen) atoms. The first kappa shape index (κ1) is 39.2. The summed E-state index contributed by atoms with van der Waals surface area (Å²) in [5.41, 5.74) is 10.4. The van der Waals surface area contributed by atoms with Gasteiger partial charge in [0.25, 0.3) is 0 Å². The van der Waals surface area contributed by atoms with Gasteiger partial charge in [0.05, 0.1) is 60.7 Å². The number of carbonyl (C=O) groups is 2. The Bertz CT molecular complexity index is 2800. The molecule has 6 aromatic heterocycles. The van der Waals surface area contributed by atoms with Crippen LogP contribution < -0.4 is 0 Å². The highest BCUT2D eigenvalue weighted by atomic mass is 32.2. The van der Waals surface area contributed by atoms with Crippen molar-refractivity contribution in [2.45, 2.75) is 53.5 Å². The standard InChI is InChI=1S/C49H42N2O4S4/c1-5-54-46(52)38-35-26-30(3)22-24-50(35)42-40(38)44(58-48(42)56-28-32-16-10-7-11-17-32)37(34-20-14-9-15-21-34)45-41-39(47(53)55-6-2)36-27-31(4)23-25-51(36)43(41)49(59-45)57-29-33-18-12-8-13-19-33/h7-27,37H,5-6,28-29H2,1-4H3. The van der Waals surface area contributed by atoms with Gasteiger partial charge in [-0.15, -0.1) is 46.2 Å². The number of thiophene rings is 2. The van der Waals surface area contributed by atoms with Crippen molar-refractivity contribution in [2.75, 3.05) is 13.2 Å². The van der Waals surface area contributed by atoms with Crippen molar-refractivity contribution in [3.05, 3.63) is 176 Å². The Hall–Kier alpha value is -5.26. The van der Waals surface area contributed by atoms with E-state index in [9.17, 15) is 9.59 Å². The first-order chi connectivity index (χ1) is 28.9. The predicted octanol–water partition coefficient (Wildman–Crippen LogP) is 13.4. The topological polar surface area (TPSA) is 61.4 Å². The highest BCUT2D eigenvalue weighted by Crippen LogP contribution is 2.54. The van der Waals surface area contributed by atoms with Gasteiger partial charge in [-0.1, -0.05) is 91.0 Å². The Balaban J connectivity index is 1.39. The van der Waals surface area contributed by atoms with Crippen LogP contribution in [0.4, 0.5) is 0 Å². The molecule has 0 bridgehead atoms. The van der Waals surface area contributed by atoms with Gasteiger partial charge >= 0.3 is 11.9 Å². The zero-order chi connectivity index (χ0) is 40.6. The summed E-state index contributed by atoms with van der Waals surface area (Å²) >= 11 is 7.06. The summed E-state index contributed by atoms with van der Waals surface area (Å²) in [6, 6.07) is 39.9. The fourth-order valence-electron chi connectivity index (χ4n) is 7.94. The molecule has 0 N–H and O–H groups in total. The molecule has 9 rings (SSSR count). The summed E-state index contributed by atoms with van der Waals surface area (Å²) in [7, 11) is 0. The van der Waals surface area contributed by atoms with E-state index in [1.807, 2.05) is 32.0 Å². The number of pyridine rings is 2. The molecule has 0 saturated heterocycles. The molecule has 0 unspecified atom stereocenters.